The topological polar surface area (TPSA) is 110 Å². The van der Waals surface area contributed by atoms with E-state index in [1.807, 2.05) is 0 Å². The third-order valence-corrected chi connectivity index (χ3v) is 5.39. The molecule has 2 unspecified atom stereocenters. The van der Waals surface area contributed by atoms with Crippen LogP contribution < -0.4 is 4.72 Å². The smallest absolute Gasteiger partial charge is 0.349 e. The van der Waals surface area contributed by atoms with Crippen LogP contribution in [0.3, 0.4) is 0 Å². The first-order valence-corrected chi connectivity index (χ1v) is 7.98. The van der Waals surface area contributed by atoms with Crippen LogP contribution in [-0.4, -0.2) is 38.6 Å². The van der Waals surface area contributed by atoms with E-state index < -0.39 is 33.9 Å². The van der Waals surface area contributed by atoms with Crippen LogP contribution in [0.5, 0.6) is 0 Å². The van der Waals surface area contributed by atoms with Gasteiger partial charge < -0.3 is 9.84 Å². The molecule has 0 saturated heterocycles. The molecule has 0 aromatic carbocycles. The molecule has 1 rings (SSSR count). The van der Waals surface area contributed by atoms with Crippen molar-refractivity contribution in [2.75, 3.05) is 7.11 Å². The van der Waals surface area contributed by atoms with Crippen LogP contribution in [0.4, 0.5) is 0 Å². The fourth-order valence-electron chi connectivity index (χ4n) is 1.37. The van der Waals surface area contributed by atoms with Crippen molar-refractivity contribution in [3.63, 3.8) is 0 Å². The quantitative estimate of drug-likeness (QED) is 0.754. The lowest BCUT2D eigenvalue weighted by molar-refractivity contribution is -0.141. The Morgan fingerprint density at radius 1 is 1.40 bits per heavy atom. The number of aliphatic carboxylic acids is 1. The Morgan fingerprint density at radius 3 is 2.50 bits per heavy atom. The van der Waals surface area contributed by atoms with E-state index in [9.17, 15) is 18.0 Å². The Labute approximate surface area is 120 Å². The zero-order chi connectivity index (χ0) is 15.5. The van der Waals surface area contributed by atoms with Crippen molar-refractivity contribution in [3.05, 3.63) is 16.3 Å². The molecule has 2 N–H and O–H groups in total. The summed E-state index contributed by atoms with van der Waals surface area (Å²) in [5, 5.41) is 10.3. The molecule has 0 saturated carbocycles. The first-order valence-electron chi connectivity index (χ1n) is 5.61. The maximum Gasteiger partial charge on any atom is 0.349 e. The number of hydrogen-bond acceptors (Lipinski definition) is 6. The van der Waals surface area contributed by atoms with Gasteiger partial charge in [0.25, 0.3) is 0 Å². The van der Waals surface area contributed by atoms with Gasteiger partial charge in [0.15, 0.2) is 0 Å². The predicted molar refractivity (Wildman–Crippen MR) is 72.2 cm³/mol. The zero-order valence-electron chi connectivity index (χ0n) is 11.1. The summed E-state index contributed by atoms with van der Waals surface area (Å²) in [6.45, 7) is 2.84. The first kappa shape index (κ1) is 16.6. The molecule has 0 aliphatic carbocycles. The number of rotatable bonds is 6. The van der Waals surface area contributed by atoms with Crippen molar-refractivity contribution in [3.8, 4) is 0 Å². The van der Waals surface area contributed by atoms with Gasteiger partial charge in [-0.3, -0.25) is 4.79 Å². The van der Waals surface area contributed by atoms with Gasteiger partial charge in [0.2, 0.25) is 10.0 Å². The van der Waals surface area contributed by atoms with Gasteiger partial charge in [0.05, 0.1) is 13.0 Å². The Bertz CT molecular complexity index is 606. The van der Waals surface area contributed by atoms with Gasteiger partial charge in [0, 0.05) is 6.04 Å². The van der Waals surface area contributed by atoms with Crippen LogP contribution in [0.15, 0.2) is 16.3 Å². The second-order valence-corrected chi connectivity index (χ2v) is 6.74. The number of carbonyl (C=O) groups excluding carboxylic acids is 1. The lowest BCUT2D eigenvalue weighted by Crippen LogP contribution is -2.40. The zero-order valence-corrected chi connectivity index (χ0v) is 12.7. The SMILES string of the molecule is COC(=O)c1sccc1S(=O)(=O)NC(C)C(C)C(=O)O. The fraction of sp³-hybridized carbons (Fsp3) is 0.455. The minimum Gasteiger partial charge on any atom is -0.481 e. The number of nitrogens with one attached hydrogen (secondary N) is 1. The lowest BCUT2D eigenvalue weighted by Gasteiger charge is -2.17. The van der Waals surface area contributed by atoms with Crippen molar-refractivity contribution < 1.29 is 27.9 Å². The van der Waals surface area contributed by atoms with E-state index in [0.29, 0.717) is 0 Å². The third kappa shape index (κ3) is 3.56. The molecule has 112 valence electrons. The molecule has 7 nitrogen and oxygen atoms in total. The number of sulfonamides is 1. The van der Waals surface area contributed by atoms with Crippen LogP contribution in [0.1, 0.15) is 23.5 Å². The maximum absolute atomic E-state index is 12.2. The van der Waals surface area contributed by atoms with Gasteiger partial charge in [-0.25, -0.2) is 17.9 Å². The second kappa shape index (κ2) is 6.33. The summed E-state index contributed by atoms with van der Waals surface area (Å²) >= 11 is 0.941. The van der Waals surface area contributed by atoms with Gasteiger partial charge >= 0.3 is 11.9 Å². The molecule has 0 aliphatic heterocycles. The molecule has 0 aliphatic rings. The van der Waals surface area contributed by atoms with E-state index in [1.165, 1.54) is 25.3 Å². The Balaban J connectivity index is 3.04. The minimum absolute atomic E-state index is 0.0461. The highest BCUT2D eigenvalue weighted by Gasteiger charge is 2.29. The average Bonchev–Trinajstić information content (AvgIpc) is 2.86. The standard InChI is InChI=1S/C11H15NO6S2/c1-6(10(13)14)7(2)12-20(16,17)8-4-5-19-9(8)11(15)18-3/h4-7,12H,1-3H3,(H,13,14). The van der Waals surface area contributed by atoms with E-state index in [1.54, 1.807) is 0 Å². The Kier molecular flexibility index (Phi) is 5.26. The number of carbonyl (C=O) groups is 2. The molecule has 0 amide bonds. The van der Waals surface area contributed by atoms with Gasteiger partial charge in [-0.15, -0.1) is 11.3 Å². The number of carboxylic acids is 1. The van der Waals surface area contributed by atoms with Crippen molar-refractivity contribution in [1.82, 2.24) is 4.72 Å². The largest absolute Gasteiger partial charge is 0.481 e. The minimum atomic E-state index is -3.98. The van der Waals surface area contributed by atoms with Gasteiger partial charge in [0.1, 0.15) is 9.77 Å². The van der Waals surface area contributed by atoms with Crippen molar-refractivity contribution in [1.29, 1.82) is 0 Å². The summed E-state index contributed by atoms with van der Waals surface area (Å²) in [7, 11) is -2.83. The predicted octanol–water partition coefficient (Wildman–Crippen LogP) is 0.922. The molecule has 2 atom stereocenters. The van der Waals surface area contributed by atoms with E-state index in [-0.39, 0.29) is 9.77 Å². The van der Waals surface area contributed by atoms with Gasteiger partial charge in [-0.2, -0.15) is 0 Å². The summed E-state index contributed by atoms with van der Waals surface area (Å²) in [4.78, 5) is 22.0. The van der Waals surface area contributed by atoms with Crippen LogP contribution >= 0.6 is 11.3 Å². The van der Waals surface area contributed by atoms with Crippen LogP contribution in [0.25, 0.3) is 0 Å². The Morgan fingerprint density at radius 2 is 2.00 bits per heavy atom. The van der Waals surface area contributed by atoms with Crippen LogP contribution in [0, 0.1) is 5.92 Å². The second-order valence-electron chi connectivity index (χ2n) is 4.14. The molecule has 9 heteroatoms. The lowest BCUT2D eigenvalue weighted by atomic mass is 10.1. The van der Waals surface area contributed by atoms with E-state index in [4.69, 9.17) is 5.11 Å². The van der Waals surface area contributed by atoms with Crippen molar-refractivity contribution >= 4 is 33.3 Å². The highest BCUT2D eigenvalue weighted by molar-refractivity contribution is 7.89. The molecule has 20 heavy (non-hydrogen) atoms. The van der Waals surface area contributed by atoms with Gasteiger partial charge in [-0.1, -0.05) is 6.92 Å². The highest BCUT2D eigenvalue weighted by atomic mass is 32.2. The molecule has 0 spiro atoms. The van der Waals surface area contributed by atoms with Gasteiger partial charge in [-0.05, 0) is 18.4 Å². The monoisotopic (exact) mass is 321 g/mol. The number of ether oxygens (including phenoxy) is 1. The molecule has 1 aromatic heterocycles. The highest BCUT2D eigenvalue weighted by Crippen LogP contribution is 2.23. The summed E-state index contributed by atoms with van der Waals surface area (Å²) < 4.78 is 31.1. The molecular formula is C11H15NO6S2. The van der Waals surface area contributed by atoms with E-state index in [2.05, 4.69) is 9.46 Å². The molecule has 0 radical (unpaired) electrons. The van der Waals surface area contributed by atoms with Crippen LogP contribution in [0.2, 0.25) is 0 Å². The summed E-state index contributed by atoms with van der Waals surface area (Å²) in [6, 6.07) is 0.458. The fourth-order valence-corrected chi connectivity index (χ4v) is 4.03. The number of esters is 1. The van der Waals surface area contributed by atoms with Crippen molar-refractivity contribution in [2.45, 2.75) is 24.8 Å². The van der Waals surface area contributed by atoms with E-state index >= 15 is 0 Å². The van der Waals surface area contributed by atoms with Crippen LogP contribution in [-0.2, 0) is 19.6 Å². The summed E-state index contributed by atoms with van der Waals surface area (Å²) in [6.07, 6.45) is 0. The first-order chi connectivity index (χ1) is 9.20. The van der Waals surface area contributed by atoms with Crippen molar-refractivity contribution in [2.24, 2.45) is 5.92 Å². The Hall–Kier alpha value is -1.45. The number of hydrogen-bond donors (Lipinski definition) is 2. The average molecular weight is 321 g/mol. The third-order valence-electron chi connectivity index (χ3n) is 2.77. The number of thiophene rings is 1. The number of methoxy groups -OCH3 is 1. The molecule has 1 heterocycles. The van der Waals surface area contributed by atoms with E-state index in [0.717, 1.165) is 18.4 Å². The molecule has 0 bridgehead atoms. The molecule has 1 aromatic rings. The summed E-state index contributed by atoms with van der Waals surface area (Å²) in [5.74, 6) is -2.76. The normalized spacial score (nSPS) is 14.6. The number of carboxylic acid groups (broad SMARTS) is 1. The maximum atomic E-state index is 12.2. The molecular weight excluding hydrogens is 306 g/mol. The molecule has 0 fully saturated rings. The summed E-state index contributed by atoms with van der Waals surface area (Å²) in [5.41, 5.74) is 0.